The van der Waals surface area contributed by atoms with Crippen LogP contribution in [0.1, 0.15) is 24.5 Å². The molecule has 3 aromatic rings. The van der Waals surface area contributed by atoms with Crippen LogP contribution in [-0.4, -0.2) is 28.0 Å². The van der Waals surface area contributed by atoms with E-state index in [0.717, 1.165) is 37.0 Å². The highest BCUT2D eigenvalue weighted by atomic mass is 35.5. The van der Waals surface area contributed by atoms with E-state index in [-0.39, 0.29) is 15.7 Å². The number of anilines is 2. The van der Waals surface area contributed by atoms with E-state index >= 15 is 0 Å². The maximum atomic E-state index is 14.4. The SMILES string of the molecule is Fc1c(Nc2ncnc3cnc([C@@H]4CCCNC4)cc23)ccc(Cl)c1Cl. The van der Waals surface area contributed by atoms with Crippen molar-refractivity contribution >= 4 is 45.6 Å². The summed E-state index contributed by atoms with van der Waals surface area (Å²) in [6.45, 7) is 1.94. The molecule has 0 aliphatic carbocycles. The number of rotatable bonds is 3. The Kier molecular flexibility index (Phi) is 4.89. The van der Waals surface area contributed by atoms with E-state index in [2.05, 4.69) is 25.6 Å². The lowest BCUT2D eigenvalue weighted by Gasteiger charge is -2.22. The van der Waals surface area contributed by atoms with Crippen molar-refractivity contribution in [2.75, 3.05) is 18.4 Å². The monoisotopic (exact) mass is 391 g/mol. The molecule has 0 bridgehead atoms. The maximum absolute atomic E-state index is 14.4. The van der Waals surface area contributed by atoms with Crippen LogP contribution in [0.4, 0.5) is 15.9 Å². The molecule has 1 saturated heterocycles. The number of nitrogens with one attached hydrogen (secondary N) is 2. The average molecular weight is 392 g/mol. The summed E-state index contributed by atoms with van der Waals surface area (Å²) in [5, 5.41) is 7.22. The molecule has 4 rings (SSSR count). The lowest BCUT2D eigenvalue weighted by Crippen LogP contribution is -2.28. The van der Waals surface area contributed by atoms with Crippen molar-refractivity contribution in [3.63, 3.8) is 0 Å². The third-order valence-corrected chi connectivity index (χ3v) is 5.33. The van der Waals surface area contributed by atoms with E-state index < -0.39 is 5.82 Å². The van der Waals surface area contributed by atoms with Crippen molar-refractivity contribution in [3.05, 3.63) is 52.3 Å². The average Bonchev–Trinajstić information content (AvgIpc) is 2.69. The van der Waals surface area contributed by atoms with Gasteiger partial charge in [-0.25, -0.2) is 14.4 Å². The van der Waals surface area contributed by atoms with Gasteiger partial charge in [-0.3, -0.25) is 4.98 Å². The number of fused-ring (bicyclic) bond motifs is 1. The molecule has 134 valence electrons. The Morgan fingerprint density at radius 3 is 2.88 bits per heavy atom. The Morgan fingerprint density at radius 1 is 1.19 bits per heavy atom. The van der Waals surface area contributed by atoms with Crippen molar-refractivity contribution in [2.45, 2.75) is 18.8 Å². The first-order valence-electron chi connectivity index (χ1n) is 8.35. The Hall–Kier alpha value is -2.02. The van der Waals surface area contributed by atoms with Gasteiger partial charge < -0.3 is 10.6 Å². The normalized spacial score (nSPS) is 17.4. The van der Waals surface area contributed by atoms with Crippen LogP contribution in [0.5, 0.6) is 0 Å². The molecule has 2 N–H and O–H groups in total. The van der Waals surface area contributed by atoms with Crippen LogP contribution in [0.3, 0.4) is 0 Å². The number of nitrogens with zero attached hydrogens (tertiary/aromatic N) is 3. The second kappa shape index (κ2) is 7.31. The zero-order valence-corrected chi connectivity index (χ0v) is 15.3. The van der Waals surface area contributed by atoms with Gasteiger partial charge in [0.25, 0.3) is 0 Å². The maximum Gasteiger partial charge on any atom is 0.166 e. The first-order valence-corrected chi connectivity index (χ1v) is 9.11. The lowest BCUT2D eigenvalue weighted by atomic mass is 9.95. The Labute approximate surface area is 160 Å². The molecule has 0 unspecified atom stereocenters. The molecule has 0 saturated carbocycles. The summed E-state index contributed by atoms with van der Waals surface area (Å²) in [6, 6.07) is 5.05. The fourth-order valence-corrected chi connectivity index (χ4v) is 3.46. The number of benzene rings is 1. The van der Waals surface area contributed by atoms with Crippen molar-refractivity contribution in [2.24, 2.45) is 0 Å². The number of piperidine rings is 1. The van der Waals surface area contributed by atoms with Gasteiger partial charge >= 0.3 is 0 Å². The Bertz CT molecular complexity index is 960. The predicted octanol–water partition coefficient (Wildman–Crippen LogP) is 4.68. The van der Waals surface area contributed by atoms with Crippen LogP contribution in [0, 0.1) is 5.82 Å². The van der Waals surface area contributed by atoms with E-state index in [1.165, 1.54) is 12.4 Å². The smallest absolute Gasteiger partial charge is 0.166 e. The second-order valence-corrected chi connectivity index (χ2v) is 7.02. The highest BCUT2D eigenvalue weighted by Crippen LogP contribution is 2.33. The van der Waals surface area contributed by atoms with Crippen LogP contribution in [0.15, 0.2) is 30.7 Å². The number of hydrogen-bond donors (Lipinski definition) is 2. The van der Waals surface area contributed by atoms with Gasteiger partial charge in [0.1, 0.15) is 12.1 Å². The van der Waals surface area contributed by atoms with Crippen LogP contribution in [0.25, 0.3) is 10.9 Å². The molecule has 1 fully saturated rings. The third-order valence-electron chi connectivity index (χ3n) is 4.55. The summed E-state index contributed by atoms with van der Waals surface area (Å²) in [6.07, 6.45) is 5.36. The fourth-order valence-electron chi connectivity index (χ4n) is 3.15. The summed E-state index contributed by atoms with van der Waals surface area (Å²) in [4.78, 5) is 13.1. The van der Waals surface area contributed by atoms with E-state index in [4.69, 9.17) is 23.2 Å². The molecule has 1 aromatic carbocycles. The lowest BCUT2D eigenvalue weighted by molar-refractivity contribution is 0.455. The fraction of sp³-hybridized carbons (Fsp3) is 0.278. The van der Waals surface area contributed by atoms with Crippen LogP contribution >= 0.6 is 23.2 Å². The van der Waals surface area contributed by atoms with Crippen molar-refractivity contribution in [1.29, 1.82) is 0 Å². The van der Waals surface area contributed by atoms with Gasteiger partial charge in [0.2, 0.25) is 0 Å². The highest BCUT2D eigenvalue weighted by molar-refractivity contribution is 6.42. The van der Waals surface area contributed by atoms with E-state index in [0.29, 0.717) is 17.3 Å². The summed E-state index contributed by atoms with van der Waals surface area (Å²) < 4.78 is 14.4. The molecule has 2 aromatic heterocycles. The van der Waals surface area contributed by atoms with Crippen LogP contribution < -0.4 is 10.6 Å². The Balaban J connectivity index is 1.74. The molecule has 5 nitrogen and oxygen atoms in total. The zero-order chi connectivity index (χ0) is 18.1. The molecule has 0 spiro atoms. The molecule has 0 amide bonds. The molecule has 8 heteroatoms. The van der Waals surface area contributed by atoms with Gasteiger partial charge in [-0.05, 0) is 37.6 Å². The van der Waals surface area contributed by atoms with Gasteiger partial charge in [0.15, 0.2) is 5.82 Å². The van der Waals surface area contributed by atoms with Gasteiger partial charge in [-0.1, -0.05) is 23.2 Å². The summed E-state index contributed by atoms with van der Waals surface area (Å²) >= 11 is 11.7. The molecule has 1 aliphatic heterocycles. The number of halogens is 3. The molecular formula is C18H16Cl2FN5. The number of pyridine rings is 1. The highest BCUT2D eigenvalue weighted by Gasteiger charge is 2.18. The number of hydrogen-bond acceptors (Lipinski definition) is 5. The van der Waals surface area contributed by atoms with Crippen molar-refractivity contribution in [1.82, 2.24) is 20.3 Å². The van der Waals surface area contributed by atoms with Gasteiger partial charge in [-0.2, -0.15) is 0 Å². The first kappa shape index (κ1) is 17.4. The van der Waals surface area contributed by atoms with Crippen molar-refractivity contribution < 1.29 is 4.39 Å². The van der Waals surface area contributed by atoms with Crippen LogP contribution in [-0.2, 0) is 0 Å². The molecule has 26 heavy (non-hydrogen) atoms. The van der Waals surface area contributed by atoms with E-state index in [1.807, 2.05) is 6.07 Å². The molecular weight excluding hydrogens is 376 g/mol. The van der Waals surface area contributed by atoms with E-state index in [1.54, 1.807) is 12.3 Å². The first-order chi connectivity index (χ1) is 12.6. The minimum Gasteiger partial charge on any atom is -0.337 e. The predicted molar refractivity (Wildman–Crippen MR) is 102 cm³/mol. The minimum atomic E-state index is -0.614. The largest absolute Gasteiger partial charge is 0.337 e. The molecule has 0 radical (unpaired) electrons. The summed E-state index contributed by atoms with van der Waals surface area (Å²) in [5.41, 5.74) is 1.88. The second-order valence-electron chi connectivity index (χ2n) is 6.24. The minimum absolute atomic E-state index is 0.120. The third kappa shape index (κ3) is 3.32. The quantitative estimate of drug-likeness (QED) is 0.634. The zero-order valence-electron chi connectivity index (χ0n) is 13.8. The summed E-state index contributed by atoms with van der Waals surface area (Å²) in [5.74, 6) is 0.235. The molecule has 3 heterocycles. The number of aromatic nitrogens is 3. The van der Waals surface area contributed by atoms with Gasteiger partial charge in [0.05, 0.1) is 27.4 Å². The molecule has 1 aliphatic rings. The van der Waals surface area contributed by atoms with Crippen LogP contribution in [0.2, 0.25) is 10.0 Å². The van der Waals surface area contributed by atoms with Gasteiger partial charge in [-0.15, -0.1) is 0 Å². The summed E-state index contributed by atoms with van der Waals surface area (Å²) in [7, 11) is 0. The Morgan fingerprint density at radius 2 is 2.08 bits per heavy atom. The topological polar surface area (TPSA) is 62.7 Å². The van der Waals surface area contributed by atoms with E-state index in [9.17, 15) is 4.39 Å². The molecule has 1 atom stereocenters. The van der Waals surface area contributed by atoms with Crippen molar-refractivity contribution in [3.8, 4) is 0 Å². The van der Waals surface area contributed by atoms with Gasteiger partial charge in [0, 0.05) is 23.5 Å². The standard InChI is InChI=1S/C18H16Cl2FN5/c19-12-3-4-13(17(21)16(12)20)26-18-11-6-14(10-2-1-5-22-7-10)23-8-15(11)24-9-25-18/h3-4,6,8-10,22H,1-2,5,7H2,(H,24,25,26)/t10-/m1/s1.